The summed E-state index contributed by atoms with van der Waals surface area (Å²) < 4.78 is 26.0. The summed E-state index contributed by atoms with van der Waals surface area (Å²) in [4.78, 5) is 2.93. The number of rotatable bonds is 2. The lowest BCUT2D eigenvalue weighted by Crippen LogP contribution is -2.18. The maximum absolute atomic E-state index is 10.7. The highest BCUT2D eigenvalue weighted by molar-refractivity contribution is 7.84. The number of nitrogens with two attached hydrogens (primary N) is 1. The zero-order valence-corrected chi connectivity index (χ0v) is 7.91. The van der Waals surface area contributed by atoms with Crippen LogP contribution in [0.5, 0.6) is 5.75 Å². The number of hydrogen-bond donors (Lipinski definition) is 2. The van der Waals surface area contributed by atoms with E-state index >= 15 is 0 Å². The predicted molar refractivity (Wildman–Crippen MR) is 52.0 cm³/mol. The summed E-state index contributed by atoms with van der Waals surface area (Å²) in [5.41, 5.74) is 0.797. The number of benzene rings is 1. The number of fused-ring (bicyclic) bond motifs is 1. The van der Waals surface area contributed by atoms with Gasteiger partial charge in [0.2, 0.25) is 0 Å². The maximum Gasteiger partial charge on any atom is 0.380 e. The van der Waals surface area contributed by atoms with Gasteiger partial charge < -0.3 is 9.17 Å². The van der Waals surface area contributed by atoms with Crippen LogP contribution < -0.4 is 9.32 Å². The van der Waals surface area contributed by atoms with Crippen LogP contribution in [-0.2, 0) is 10.3 Å². The summed E-state index contributed by atoms with van der Waals surface area (Å²) in [6.07, 6.45) is 1.70. The lowest BCUT2D eigenvalue weighted by atomic mass is 10.2. The first-order valence-electron chi connectivity index (χ1n) is 3.84. The number of aromatic nitrogens is 1. The molecule has 3 N–H and O–H groups in total. The molecule has 0 atom stereocenters. The van der Waals surface area contributed by atoms with Crippen LogP contribution in [0.2, 0.25) is 0 Å². The first-order valence-corrected chi connectivity index (χ1v) is 5.32. The lowest BCUT2D eigenvalue weighted by Gasteiger charge is -2.02. The topological polar surface area (TPSA) is 85.2 Å². The van der Waals surface area contributed by atoms with Crippen LogP contribution in [0.1, 0.15) is 0 Å². The Morgan fingerprint density at radius 3 is 2.79 bits per heavy atom. The van der Waals surface area contributed by atoms with Crippen LogP contribution in [0.15, 0.2) is 30.5 Å². The molecule has 2 aromatic rings. The minimum Gasteiger partial charge on any atom is -0.370 e. The standard InChI is InChI=1S/C8H8N2O3S/c9-14(11,12)13-8-3-1-2-7-6(8)4-5-10-7/h1-5,10H,(H2,9,11,12). The highest BCUT2D eigenvalue weighted by Gasteiger charge is 2.08. The van der Waals surface area contributed by atoms with E-state index < -0.39 is 10.3 Å². The van der Waals surface area contributed by atoms with Crippen LogP contribution in [-0.4, -0.2) is 13.4 Å². The predicted octanol–water partition coefficient (Wildman–Crippen LogP) is 0.750. The van der Waals surface area contributed by atoms with Gasteiger partial charge in [-0.1, -0.05) is 6.07 Å². The number of aromatic amines is 1. The van der Waals surface area contributed by atoms with Gasteiger partial charge in [-0.2, -0.15) is 13.6 Å². The summed E-state index contributed by atoms with van der Waals surface area (Å²) in [5, 5.41) is 5.45. The van der Waals surface area contributed by atoms with E-state index in [1.165, 1.54) is 0 Å². The van der Waals surface area contributed by atoms with Crippen molar-refractivity contribution in [2.24, 2.45) is 5.14 Å². The number of hydrogen-bond acceptors (Lipinski definition) is 3. The zero-order chi connectivity index (χ0) is 10.2. The summed E-state index contributed by atoms with van der Waals surface area (Å²) in [5.74, 6) is 0.228. The van der Waals surface area contributed by atoms with E-state index in [-0.39, 0.29) is 5.75 Å². The van der Waals surface area contributed by atoms with Crippen molar-refractivity contribution >= 4 is 21.2 Å². The van der Waals surface area contributed by atoms with Crippen molar-refractivity contribution in [2.75, 3.05) is 0 Å². The van der Waals surface area contributed by atoms with E-state index in [4.69, 9.17) is 5.14 Å². The Morgan fingerprint density at radius 2 is 2.07 bits per heavy atom. The first-order chi connectivity index (χ1) is 6.56. The molecule has 0 amide bonds. The molecule has 1 aromatic carbocycles. The molecule has 0 fully saturated rings. The fraction of sp³-hybridized carbons (Fsp3) is 0. The Labute approximate surface area is 80.7 Å². The number of H-pyrrole nitrogens is 1. The van der Waals surface area contributed by atoms with Crippen molar-refractivity contribution in [2.45, 2.75) is 0 Å². The second-order valence-corrected chi connectivity index (χ2v) is 3.92. The zero-order valence-electron chi connectivity index (χ0n) is 7.10. The lowest BCUT2D eigenvalue weighted by molar-refractivity contribution is 0.490. The van der Waals surface area contributed by atoms with Gasteiger partial charge in [-0.3, -0.25) is 0 Å². The van der Waals surface area contributed by atoms with Gasteiger partial charge in [0.05, 0.1) is 0 Å². The largest absolute Gasteiger partial charge is 0.380 e. The Morgan fingerprint density at radius 1 is 1.29 bits per heavy atom. The monoisotopic (exact) mass is 212 g/mol. The summed E-state index contributed by atoms with van der Waals surface area (Å²) >= 11 is 0. The molecule has 0 spiro atoms. The quantitative estimate of drug-likeness (QED) is 0.770. The van der Waals surface area contributed by atoms with Gasteiger partial charge in [0.1, 0.15) is 0 Å². The van der Waals surface area contributed by atoms with Crippen molar-refractivity contribution in [3.8, 4) is 5.75 Å². The minimum atomic E-state index is -3.96. The van der Waals surface area contributed by atoms with Crippen LogP contribution in [0.3, 0.4) is 0 Å². The smallest absolute Gasteiger partial charge is 0.370 e. The van der Waals surface area contributed by atoms with Gasteiger partial charge in [-0.05, 0) is 18.2 Å². The summed E-state index contributed by atoms with van der Waals surface area (Å²) in [6.45, 7) is 0. The second kappa shape index (κ2) is 3.00. The van der Waals surface area contributed by atoms with Crippen molar-refractivity contribution < 1.29 is 12.6 Å². The van der Waals surface area contributed by atoms with Crippen LogP contribution in [0, 0.1) is 0 Å². The van der Waals surface area contributed by atoms with E-state index in [1.54, 1.807) is 24.4 Å². The van der Waals surface area contributed by atoms with E-state index in [0.29, 0.717) is 5.39 Å². The second-order valence-electron chi connectivity index (χ2n) is 2.77. The molecule has 1 aromatic heterocycles. The minimum absolute atomic E-state index is 0.228. The summed E-state index contributed by atoms with van der Waals surface area (Å²) in [7, 11) is -3.96. The van der Waals surface area contributed by atoms with Gasteiger partial charge in [0, 0.05) is 17.1 Å². The molecule has 14 heavy (non-hydrogen) atoms. The number of nitrogens with one attached hydrogen (secondary N) is 1. The molecular weight excluding hydrogens is 204 g/mol. The fourth-order valence-corrected chi connectivity index (χ4v) is 1.65. The fourth-order valence-electron chi connectivity index (χ4n) is 1.25. The SMILES string of the molecule is NS(=O)(=O)Oc1cccc2[nH]ccc12. The van der Waals surface area contributed by atoms with Crippen molar-refractivity contribution in [1.82, 2.24) is 4.98 Å². The molecule has 2 rings (SSSR count). The highest BCUT2D eigenvalue weighted by Crippen LogP contribution is 2.24. The summed E-state index contributed by atoms with van der Waals surface area (Å²) in [6, 6.07) is 6.75. The van der Waals surface area contributed by atoms with Crippen molar-refractivity contribution in [3.05, 3.63) is 30.5 Å². The van der Waals surface area contributed by atoms with Gasteiger partial charge >= 0.3 is 10.3 Å². The molecule has 74 valence electrons. The molecule has 0 saturated heterocycles. The highest BCUT2D eigenvalue weighted by atomic mass is 32.2. The van der Waals surface area contributed by atoms with E-state index in [2.05, 4.69) is 9.17 Å². The first kappa shape index (κ1) is 9.04. The third-order valence-electron chi connectivity index (χ3n) is 1.76. The molecule has 0 radical (unpaired) electrons. The van der Waals surface area contributed by atoms with Crippen LogP contribution in [0.4, 0.5) is 0 Å². The normalized spacial score (nSPS) is 11.8. The van der Waals surface area contributed by atoms with E-state index in [1.807, 2.05) is 6.07 Å². The van der Waals surface area contributed by atoms with Crippen molar-refractivity contribution in [1.29, 1.82) is 0 Å². The van der Waals surface area contributed by atoms with Crippen molar-refractivity contribution in [3.63, 3.8) is 0 Å². The van der Waals surface area contributed by atoms with Gasteiger partial charge in [0.15, 0.2) is 5.75 Å². The molecule has 5 nitrogen and oxygen atoms in total. The molecule has 0 unspecified atom stereocenters. The Bertz CT molecular complexity index is 559. The molecule has 0 aliphatic heterocycles. The Balaban J connectivity index is 2.57. The molecule has 0 aliphatic carbocycles. The van der Waals surface area contributed by atoms with Crippen LogP contribution in [0.25, 0.3) is 10.9 Å². The maximum atomic E-state index is 10.7. The molecular formula is C8H8N2O3S. The van der Waals surface area contributed by atoms with Gasteiger partial charge in [0.25, 0.3) is 0 Å². The third kappa shape index (κ3) is 1.70. The molecule has 0 saturated carbocycles. The van der Waals surface area contributed by atoms with Gasteiger partial charge in [-0.15, -0.1) is 0 Å². The van der Waals surface area contributed by atoms with E-state index in [9.17, 15) is 8.42 Å². The van der Waals surface area contributed by atoms with Crippen LogP contribution >= 0.6 is 0 Å². The average molecular weight is 212 g/mol. The third-order valence-corrected chi connectivity index (χ3v) is 2.17. The molecule has 6 heteroatoms. The Hall–Kier alpha value is -1.53. The molecule has 1 heterocycles. The van der Waals surface area contributed by atoms with Gasteiger partial charge in [-0.25, -0.2) is 0 Å². The Kier molecular flexibility index (Phi) is 1.94. The van der Waals surface area contributed by atoms with E-state index in [0.717, 1.165) is 5.52 Å². The molecule has 0 aliphatic rings. The average Bonchev–Trinajstić information content (AvgIpc) is 2.49. The molecule has 0 bridgehead atoms.